The minimum absolute atomic E-state index is 0.0276. The summed E-state index contributed by atoms with van der Waals surface area (Å²) in [6.07, 6.45) is 0.475. The molecule has 0 bridgehead atoms. The number of hydrogen-bond acceptors (Lipinski definition) is 5. The molecule has 0 heterocycles. The Morgan fingerprint density at radius 1 is 1.00 bits per heavy atom. The van der Waals surface area contributed by atoms with Crippen molar-refractivity contribution in [3.63, 3.8) is 0 Å². The highest BCUT2D eigenvalue weighted by Gasteiger charge is 2.29. The average molecular weight is 429 g/mol. The van der Waals surface area contributed by atoms with E-state index in [4.69, 9.17) is 14.2 Å². The maximum atomic E-state index is 13.2. The van der Waals surface area contributed by atoms with E-state index >= 15 is 0 Å². The number of amides is 2. The van der Waals surface area contributed by atoms with E-state index in [1.165, 1.54) is 0 Å². The Kier molecular flexibility index (Phi) is 9.18. The summed E-state index contributed by atoms with van der Waals surface area (Å²) in [4.78, 5) is 27.6. The molecule has 168 valence electrons. The van der Waals surface area contributed by atoms with E-state index in [1.54, 1.807) is 37.3 Å². The monoisotopic (exact) mass is 428 g/mol. The third-order valence-corrected chi connectivity index (χ3v) is 4.72. The Bertz CT molecular complexity index is 869. The van der Waals surface area contributed by atoms with Crippen LogP contribution in [0, 0.1) is 0 Å². The van der Waals surface area contributed by atoms with Crippen LogP contribution >= 0.6 is 0 Å². The molecule has 0 spiro atoms. The zero-order valence-electron chi connectivity index (χ0n) is 18.9. The Morgan fingerprint density at radius 3 is 2.32 bits per heavy atom. The number of nitrogens with one attached hydrogen (secondary N) is 1. The van der Waals surface area contributed by atoms with Crippen LogP contribution in [0.4, 0.5) is 0 Å². The first-order chi connectivity index (χ1) is 14.9. The van der Waals surface area contributed by atoms with E-state index in [1.807, 2.05) is 51.1 Å². The quantitative estimate of drug-likeness (QED) is 0.594. The standard InChI is InChI=1S/C24H32N2O5/c1-6-20(24(28)25-17(2)3)26(15-18-10-9-11-19(14-18)29-4)23(27)16-31-22-13-8-7-12-21(22)30-5/h7-14,17,20H,6,15-16H2,1-5H3,(H,25,28)/t20-/m1/s1. The van der Waals surface area contributed by atoms with Crippen LogP contribution in [0.1, 0.15) is 32.8 Å². The van der Waals surface area contributed by atoms with Gasteiger partial charge < -0.3 is 24.4 Å². The number of hydrogen-bond donors (Lipinski definition) is 1. The number of methoxy groups -OCH3 is 2. The van der Waals surface area contributed by atoms with Gasteiger partial charge in [0.2, 0.25) is 5.91 Å². The van der Waals surface area contributed by atoms with Crippen molar-refractivity contribution >= 4 is 11.8 Å². The van der Waals surface area contributed by atoms with Gasteiger partial charge in [-0.05, 0) is 50.1 Å². The molecule has 0 saturated carbocycles. The van der Waals surface area contributed by atoms with Gasteiger partial charge in [-0.25, -0.2) is 0 Å². The zero-order chi connectivity index (χ0) is 22.8. The summed E-state index contributed by atoms with van der Waals surface area (Å²) >= 11 is 0. The predicted molar refractivity (Wildman–Crippen MR) is 119 cm³/mol. The Balaban J connectivity index is 2.25. The molecule has 2 aromatic rings. The van der Waals surface area contributed by atoms with E-state index in [9.17, 15) is 9.59 Å². The fourth-order valence-electron chi connectivity index (χ4n) is 3.23. The van der Waals surface area contributed by atoms with Crippen LogP contribution in [-0.4, -0.2) is 49.6 Å². The van der Waals surface area contributed by atoms with Gasteiger partial charge in [0.05, 0.1) is 14.2 Å². The van der Waals surface area contributed by atoms with Crippen LogP contribution in [0.5, 0.6) is 17.2 Å². The van der Waals surface area contributed by atoms with E-state index in [0.29, 0.717) is 23.7 Å². The Hall–Kier alpha value is -3.22. The van der Waals surface area contributed by atoms with Crippen LogP contribution in [0.15, 0.2) is 48.5 Å². The first-order valence-corrected chi connectivity index (χ1v) is 10.4. The van der Waals surface area contributed by atoms with E-state index in [0.717, 1.165) is 5.56 Å². The van der Waals surface area contributed by atoms with Gasteiger partial charge >= 0.3 is 0 Å². The van der Waals surface area contributed by atoms with Crippen LogP contribution in [0.2, 0.25) is 0 Å². The highest BCUT2D eigenvalue weighted by molar-refractivity contribution is 5.88. The molecule has 0 aromatic heterocycles. The van der Waals surface area contributed by atoms with Gasteiger partial charge in [0.1, 0.15) is 11.8 Å². The fourth-order valence-corrected chi connectivity index (χ4v) is 3.23. The van der Waals surface area contributed by atoms with E-state index < -0.39 is 6.04 Å². The maximum absolute atomic E-state index is 13.2. The van der Waals surface area contributed by atoms with Crippen LogP contribution in [-0.2, 0) is 16.1 Å². The van der Waals surface area contributed by atoms with Gasteiger partial charge in [-0.1, -0.05) is 31.2 Å². The molecule has 31 heavy (non-hydrogen) atoms. The molecule has 0 unspecified atom stereocenters. The number of nitrogens with zero attached hydrogens (tertiary/aromatic N) is 1. The second-order valence-electron chi connectivity index (χ2n) is 7.40. The lowest BCUT2D eigenvalue weighted by Crippen LogP contribution is -2.51. The van der Waals surface area contributed by atoms with Crippen molar-refractivity contribution in [2.24, 2.45) is 0 Å². The van der Waals surface area contributed by atoms with Crippen LogP contribution < -0.4 is 19.5 Å². The molecule has 0 aliphatic rings. The largest absolute Gasteiger partial charge is 0.497 e. The second kappa shape index (κ2) is 11.8. The molecule has 7 heteroatoms. The van der Waals surface area contributed by atoms with Gasteiger partial charge in [0.25, 0.3) is 5.91 Å². The van der Waals surface area contributed by atoms with Crippen molar-refractivity contribution < 1.29 is 23.8 Å². The molecule has 0 aliphatic carbocycles. The van der Waals surface area contributed by atoms with Crippen molar-refractivity contribution in [2.45, 2.75) is 45.8 Å². The molecule has 0 aliphatic heterocycles. The molecule has 2 aromatic carbocycles. The van der Waals surface area contributed by atoms with Gasteiger partial charge in [0, 0.05) is 12.6 Å². The Morgan fingerprint density at radius 2 is 1.71 bits per heavy atom. The summed E-state index contributed by atoms with van der Waals surface area (Å²) in [5.41, 5.74) is 0.862. The first kappa shape index (κ1) is 24.1. The van der Waals surface area contributed by atoms with Gasteiger partial charge in [-0.15, -0.1) is 0 Å². The topological polar surface area (TPSA) is 77.1 Å². The lowest BCUT2D eigenvalue weighted by atomic mass is 10.1. The van der Waals surface area contributed by atoms with E-state index in [2.05, 4.69) is 5.32 Å². The molecule has 1 N–H and O–H groups in total. The lowest BCUT2D eigenvalue weighted by Gasteiger charge is -2.31. The Labute approximate surface area is 184 Å². The van der Waals surface area contributed by atoms with Crippen molar-refractivity contribution in [1.29, 1.82) is 0 Å². The van der Waals surface area contributed by atoms with Crippen molar-refractivity contribution in [2.75, 3.05) is 20.8 Å². The molecule has 0 radical (unpaired) electrons. The molecule has 0 saturated heterocycles. The van der Waals surface area contributed by atoms with Crippen molar-refractivity contribution in [3.8, 4) is 17.2 Å². The number of carbonyl (C=O) groups excluding carboxylic acids is 2. The van der Waals surface area contributed by atoms with Crippen LogP contribution in [0.3, 0.4) is 0 Å². The first-order valence-electron chi connectivity index (χ1n) is 10.4. The maximum Gasteiger partial charge on any atom is 0.261 e. The predicted octanol–water partition coefficient (Wildman–Crippen LogP) is 3.41. The van der Waals surface area contributed by atoms with Crippen molar-refractivity contribution in [3.05, 3.63) is 54.1 Å². The van der Waals surface area contributed by atoms with Gasteiger partial charge in [0.15, 0.2) is 18.1 Å². The summed E-state index contributed by atoms with van der Waals surface area (Å²) in [5, 5.41) is 2.91. The molecule has 2 rings (SSSR count). The minimum atomic E-state index is -0.623. The number of para-hydroxylation sites is 2. The highest BCUT2D eigenvalue weighted by atomic mass is 16.5. The fraction of sp³-hybridized carbons (Fsp3) is 0.417. The molecule has 2 amide bonds. The second-order valence-corrected chi connectivity index (χ2v) is 7.40. The molecular weight excluding hydrogens is 396 g/mol. The van der Waals surface area contributed by atoms with E-state index in [-0.39, 0.29) is 31.0 Å². The summed E-state index contributed by atoms with van der Waals surface area (Å²) in [7, 11) is 3.14. The SMILES string of the molecule is CC[C@H](C(=O)NC(C)C)N(Cc1cccc(OC)c1)C(=O)COc1ccccc1OC. The highest BCUT2D eigenvalue weighted by Crippen LogP contribution is 2.26. The molecule has 7 nitrogen and oxygen atoms in total. The smallest absolute Gasteiger partial charge is 0.261 e. The van der Waals surface area contributed by atoms with Crippen LogP contribution in [0.25, 0.3) is 0 Å². The number of rotatable bonds is 11. The third-order valence-electron chi connectivity index (χ3n) is 4.72. The summed E-state index contributed by atoms with van der Waals surface area (Å²) in [6, 6.07) is 13.9. The average Bonchev–Trinajstić information content (AvgIpc) is 2.77. The normalized spacial score (nSPS) is 11.5. The minimum Gasteiger partial charge on any atom is -0.497 e. The summed E-state index contributed by atoms with van der Waals surface area (Å²) in [6.45, 7) is 5.72. The number of carbonyl (C=O) groups is 2. The molecular formula is C24H32N2O5. The summed E-state index contributed by atoms with van der Waals surface area (Å²) in [5.74, 6) is 1.22. The van der Waals surface area contributed by atoms with Gasteiger partial charge in [-0.3, -0.25) is 9.59 Å². The number of ether oxygens (including phenoxy) is 3. The number of benzene rings is 2. The zero-order valence-corrected chi connectivity index (χ0v) is 18.9. The summed E-state index contributed by atoms with van der Waals surface area (Å²) < 4.78 is 16.3. The van der Waals surface area contributed by atoms with Gasteiger partial charge in [-0.2, -0.15) is 0 Å². The van der Waals surface area contributed by atoms with Crippen molar-refractivity contribution in [1.82, 2.24) is 10.2 Å². The molecule has 0 fully saturated rings. The third kappa shape index (κ3) is 6.91. The lowest BCUT2D eigenvalue weighted by molar-refractivity contribution is -0.143. The molecule has 1 atom stereocenters.